The smallest absolute Gasteiger partial charge is 0.229 e. The van der Waals surface area contributed by atoms with Crippen LogP contribution < -0.4 is 10.2 Å². The lowest BCUT2D eigenvalue weighted by Crippen LogP contribution is -2.17. The summed E-state index contributed by atoms with van der Waals surface area (Å²) in [4.78, 5) is 15.0. The third kappa shape index (κ3) is 3.32. The molecule has 0 aromatic carbocycles. The van der Waals surface area contributed by atoms with Crippen LogP contribution in [0.3, 0.4) is 0 Å². The maximum absolute atomic E-state index is 4.40. The Balaban J connectivity index is 2.99. The summed E-state index contributed by atoms with van der Waals surface area (Å²) in [7, 11) is 3.87. The van der Waals surface area contributed by atoms with Gasteiger partial charge in [-0.25, -0.2) is 0 Å². The summed E-state index contributed by atoms with van der Waals surface area (Å²) in [6, 6.07) is 0. The van der Waals surface area contributed by atoms with Crippen LogP contribution in [-0.2, 0) is 0 Å². The van der Waals surface area contributed by atoms with Gasteiger partial charge in [-0.2, -0.15) is 15.0 Å². The lowest BCUT2D eigenvalue weighted by molar-refractivity contribution is 0.753. The molecule has 1 aromatic heterocycles. The molecule has 0 fully saturated rings. The van der Waals surface area contributed by atoms with Crippen LogP contribution in [0, 0.1) is 0 Å². The van der Waals surface area contributed by atoms with Gasteiger partial charge in [-0.3, -0.25) is 0 Å². The Bertz CT molecular complexity index is 309. The van der Waals surface area contributed by atoms with Crippen LogP contribution in [0.4, 0.5) is 11.9 Å². The van der Waals surface area contributed by atoms with E-state index in [0.29, 0.717) is 17.8 Å². The third-order valence-corrected chi connectivity index (χ3v) is 2.09. The lowest BCUT2D eigenvalue weighted by Gasteiger charge is -2.14. The zero-order chi connectivity index (χ0) is 12.1. The van der Waals surface area contributed by atoms with Crippen LogP contribution in [0.25, 0.3) is 0 Å². The molecule has 90 valence electrons. The molecule has 5 heteroatoms. The molecule has 5 nitrogen and oxygen atoms in total. The van der Waals surface area contributed by atoms with E-state index >= 15 is 0 Å². The average Bonchev–Trinajstić information content (AvgIpc) is 2.25. The van der Waals surface area contributed by atoms with E-state index < -0.39 is 0 Å². The van der Waals surface area contributed by atoms with E-state index in [-0.39, 0.29) is 0 Å². The van der Waals surface area contributed by atoms with Crippen molar-refractivity contribution in [3.05, 3.63) is 5.82 Å². The van der Waals surface area contributed by atoms with Gasteiger partial charge in [0.2, 0.25) is 11.9 Å². The first-order valence-electron chi connectivity index (χ1n) is 5.71. The number of hydrogen-bond donors (Lipinski definition) is 1. The van der Waals surface area contributed by atoms with Crippen molar-refractivity contribution >= 4 is 11.9 Å². The summed E-state index contributed by atoms with van der Waals surface area (Å²) >= 11 is 0. The van der Waals surface area contributed by atoms with Crippen molar-refractivity contribution in [3.8, 4) is 0 Å². The molecule has 0 saturated carbocycles. The second kappa shape index (κ2) is 5.63. The molecular formula is C11H21N5. The fourth-order valence-corrected chi connectivity index (χ4v) is 1.15. The van der Waals surface area contributed by atoms with Gasteiger partial charge in [-0.15, -0.1) is 0 Å². The predicted molar refractivity (Wildman–Crippen MR) is 67.0 cm³/mol. The van der Waals surface area contributed by atoms with Crippen LogP contribution in [0.15, 0.2) is 0 Å². The molecule has 1 N–H and O–H groups in total. The van der Waals surface area contributed by atoms with E-state index in [4.69, 9.17) is 0 Å². The first kappa shape index (κ1) is 12.7. The third-order valence-electron chi connectivity index (χ3n) is 2.09. The number of hydrogen-bond acceptors (Lipinski definition) is 5. The van der Waals surface area contributed by atoms with Gasteiger partial charge in [0.15, 0.2) is 0 Å². The molecule has 0 aliphatic carbocycles. The van der Waals surface area contributed by atoms with Crippen molar-refractivity contribution < 1.29 is 0 Å². The fraction of sp³-hybridized carbons (Fsp3) is 0.727. The summed E-state index contributed by atoms with van der Waals surface area (Å²) in [5.41, 5.74) is 0. The maximum Gasteiger partial charge on any atom is 0.229 e. The molecule has 16 heavy (non-hydrogen) atoms. The molecular weight excluding hydrogens is 202 g/mol. The molecule has 1 heterocycles. The maximum atomic E-state index is 4.40. The highest BCUT2D eigenvalue weighted by Gasteiger charge is 2.10. The van der Waals surface area contributed by atoms with Crippen LogP contribution in [0.1, 0.15) is 38.9 Å². The molecule has 0 unspecified atom stereocenters. The predicted octanol–water partition coefficient (Wildman–Crippen LogP) is 1.88. The van der Waals surface area contributed by atoms with Crippen LogP contribution in [0.5, 0.6) is 0 Å². The number of nitrogens with zero attached hydrogens (tertiary/aromatic N) is 4. The zero-order valence-corrected chi connectivity index (χ0v) is 10.8. The quantitative estimate of drug-likeness (QED) is 0.826. The van der Waals surface area contributed by atoms with Gasteiger partial charge in [0.1, 0.15) is 5.82 Å². The van der Waals surface area contributed by atoms with Crippen molar-refractivity contribution in [1.82, 2.24) is 15.0 Å². The number of rotatable bonds is 5. The monoisotopic (exact) mass is 223 g/mol. The van der Waals surface area contributed by atoms with Crippen molar-refractivity contribution in [2.45, 2.75) is 33.1 Å². The van der Waals surface area contributed by atoms with Crippen LogP contribution >= 0.6 is 0 Å². The van der Waals surface area contributed by atoms with Crippen LogP contribution in [-0.4, -0.2) is 35.6 Å². The van der Waals surface area contributed by atoms with Gasteiger partial charge in [-0.1, -0.05) is 20.8 Å². The van der Waals surface area contributed by atoms with Crippen molar-refractivity contribution in [2.75, 3.05) is 30.9 Å². The standard InChI is InChI=1S/C11H21N5/c1-6-7-12-10-13-9(8(2)3)14-11(15-10)16(4)5/h8H,6-7H2,1-5H3,(H,12,13,14,15). The van der Waals surface area contributed by atoms with E-state index in [1.165, 1.54) is 0 Å². The van der Waals surface area contributed by atoms with Crippen molar-refractivity contribution in [1.29, 1.82) is 0 Å². The Morgan fingerprint density at radius 2 is 1.88 bits per heavy atom. The Hall–Kier alpha value is -1.39. The second-order valence-corrected chi connectivity index (χ2v) is 4.29. The summed E-state index contributed by atoms with van der Waals surface area (Å²) in [5, 5.41) is 3.20. The second-order valence-electron chi connectivity index (χ2n) is 4.29. The topological polar surface area (TPSA) is 53.9 Å². The zero-order valence-electron chi connectivity index (χ0n) is 10.8. The molecule has 0 radical (unpaired) electrons. The molecule has 0 aliphatic rings. The van der Waals surface area contributed by atoms with Gasteiger partial charge in [0.05, 0.1) is 0 Å². The highest BCUT2D eigenvalue weighted by atomic mass is 15.3. The molecule has 1 aromatic rings. The Kier molecular flexibility index (Phi) is 4.46. The number of aromatic nitrogens is 3. The Morgan fingerprint density at radius 1 is 1.19 bits per heavy atom. The van der Waals surface area contributed by atoms with E-state index in [0.717, 1.165) is 18.8 Å². The number of anilines is 2. The van der Waals surface area contributed by atoms with Crippen LogP contribution in [0.2, 0.25) is 0 Å². The highest BCUT2D eigenvalue weighted by molar-refractivity contribution is 5.36. The van der Waals surface area contributed by atoms with E-state index in [1.807, 2.05) is 19.0 Å². The SMILES string of the molecule is CCCNc1nc(C(C)C)nc(N(C)C)n1. The molecule has 0 saturated heterocycles. The Morgan fingerprint density at radius 3 is 2.38 bits per heavy atom. The fourth-order valence-electron chi connectivity index (χ4n) is 1.15. The molecule has 0 spiro atoms. The molecule has 0 atom stereocenters. The van der Waals surface area contributed by atoms with Crippen molar-refractivity contribution in [3.63, 3.8) is 0 Å². The van der Waals surface area contributed by atoms with Crippen molar-refractivity contribution in [2.24, 2.45) is 0 Å². The summed E-state index contributed by atoms with van der Waals surface area (Å²) in [6.45, 7) is 7.16. The van der Waals surface area contributed by atoms with Gasteiger partial charge in [0, 0.05) is 26.6 Å². The highest BCUT2D eigenvalue weighted by Crippen LogP contribution is 2.14. The normalized spacial score (nSPS) is 10.6. The summed E-state index contributed by atoms with van der Waals surface area (Å²) < 4.78 is 0. The van der Waals surface area contributed by atoms with Gasteiger partial charge in [-0.05, 0) is 6.42 Å². The van der Waals surface area contributed by atoms with E-state index in [2.05, 4.69) is 41.0 Å². The minimum Gasteiger partial charge on any atom is -0.354 e. The molecule has 0 bridgehead atoms. The summed E-state index contributed by atoms with van der Waals surface area (Å²) in [5.74, 6) is 2.52. The Labute approximate surface area is 97.3 Å². The first-order chi connectivity index (χ1) is 7.54. The minimum atomic E-state index is 0.309. The van der Waals surface area contributed by atoms with E-state index in [1.54, 1.807) is 0 Å². The van der Waals surface area contributed by atoms with E-state index in [9.17, 15) is 0 Å². The largest absolute Gasteiger partial charge is 0.354 e. The first-order valence-corrected chi connectivity index (χ1v) is 5.71. The minimum absolute atomic E-state index is 0.309. The number of nitrogens with one attached hydrogen (secondary N) is 1. The molecule has 0 amide bonds. The molecule has 1 rings (SSSR count). The average molecular weight is 223 g/mol. The van der Waals surface area contributed by atoms with Gasteiger partial charge >= 0.3 is 0 Å². The van der Waals surface area contributed by atoms with Gasteiger partial charge in [0.25, 0.3) is 0 Å². The van der Waals surface area contributed by atoms with Gasteiger partial charge < -0.3 is 10.2 Å². The lowest BCUT2D eigenvalue weighted by atomic mass is 10.2. The molecule has 0 aliphatic heterocycles. The summed E-state index contributed by atoms with van der Waals surface area (Å²) in [6.07, 6.45) is 1.06.